The average molecular weight is 472 g/mol. The number of hydrogen-bond acceptors (Lipinski definition) is 5. The van der Waals surface area contributed by atoms with Crippen molar-refractivity contribution in [3.8, 4) is 16.9 Å². The van der Waals surface area contributed by atoms with Gasteiger partial charge in [-0.05, 0) is 47.2 Å². The van der Waals surface area contributed by atoms with Gasteiger partial charge in [0.1, 0.15) is 17.9 Å². The van der Waals surface area contributed by atoms with Crippen molar-refractivity contribution in [3.05, 3.63) is 83.4 Å². The molecule has 3 aromatic rings. The minimum Gasteiger partial charge on any atom is -0.507 e. The Morgan fingerprint density at radius 2 is 1.57 bits per heavy atom. The molecule has 5 rings (SSSR count). The fourth-order valence-electron chi connectivity index (χ4n) is 4.65. The third-order valence-corrected chi connectivity index (χ3v) is 6.58. The van der Waals surface area contributed by atoms with E-state index in [1.54, 1.807) is 0 Å². The molecule has 1 fully saturated rings. The van der Waals surface area contributed by atoms with Gasteiger partial charge in [0.2, 0.25) is 5.91 Å². The van der Waals surface area contributed by atoms with E-state index in [0.29, 0.717) is 12.8 Å². The molecule has 2 aliphatic rings. The fourth-order valence-corrected chi connectivity index (χ4v) is 4.65. The molecule has 3 aromatic carbocycles. The lowest BCUT2D eigenvalue weighted by molar-refractivity contribution is -0.116. The third-order valence-electron chi connectivity index (χ3n) is 6.58. The Bertz CT molecular complexity index is 1290. The molecule has 4 N–H and O–H groups in total. The first-order valence-corrected chi connectivity index (χ1v) is 11.3. The molecule has 0 unspecified atom stereocenters. The van der Waals surface area contributed by atoms with Gasteiger partial charge in [0.05, 0.1) is 12.0 Å². The highest BCUT2D eigenvalue weighted by Gasteiger charge is 2.46. The maximum atomic E-state index is 12.6. The molecule has 0 spiro atoms. The summed E-state index contributed by atoms with van der Waals surface area (Å²) in [4.78, 5) is 36.1. The molecule has 35 heavy (non-hydrogen) atoms. The van der Waals surface area contributed by atoms with E-state index in [9.17, 15) is 19.5 Å². The van der Waals surface area contributed by atoms with Crippen LogP contribution in [0.5, 0.6) is 5.75 Å². The van der Waals surface area contributed by atoms with Crippen LogP contribution in [0.2, 0.25) is 0 Å². The van der Waals surface area contributed by atoms with Gasteiger partial charge in [-0.15, -0.1) is 0 Å². The molecule has 0 atom stereocenters. The summed E-state index contributed by atoms with van der Waals surface area (Å²) in [6.45, 7) is 0.192. The smallest absolute Gasteiger partial charge is 0.407 e. The second-order valence-corrected chi connectivity index (χ2v) is 8.99. The molecular formula is C27H24N2O6. The zero-order valence-corrected chi connectivity index (χ0v) is 18.8. The largest absolute Gasteiger partial charge is 0.507 e. The molecule has 0 saturated heterocycles. The zero-order valence-electron chi connectivity index (χ0n) is 18.8. The number of carboxylic acids is 1. The SMILES string of the molecule is O=C(CC1(NC(=O)OCC2c3ccccc3-c3ccccc32)CC1)Nc1ccc(C(=O)O)c(O)c1. The maximum Gasteiger partial charge on any atom is 0.407 e. The summed E-state index contributed by atoms with van der Waals surface area (Å²) in [6.07, 6.45) is 0.765. The summed E-state index contributed by atoms with van der Waals surface area (Å²) in [5.41, 5.74) is 3.89. The molecule has 8 nitrogen and oxygen atoms in total. The quantitative estimate of drug-likeness (QED) is 0.402. The van der Waals surface area contributed by atoms with Crippen molar-refractivity contribution in [1.29, 1.82) is 0 Å². The Labute approximate surface area is 201 Å². The molecule has 0 heterocycles. The number of carboxylic acid groups (broad SMARTS) is 1. The Morgan fingerprint density at radius 1 is 0.943 bits per heavy atom. The molecule has 0 bridgehead atoms. The van der Waals surface area contributed by atoms with Gasteiger partial charge < -0.3 is 25.6 Å². The van der Waals surface area contributed by atoms with E-state index in [1.807, 2.05) is 24.3 Å². The van der Waals surface area contributed by atoms with Crippen LogP contribution in [0.4, 0.5) is 10.5 Å². The molecule has 178 valence electrons. The predicted molar refractivity (Wildman–Crippen MR) is 128 cm³/mol. The summed E-state index contributed by atoms with van der Waals surface area (Å²) < 4.78 is 5.60. The second-order valence-electron chi connectivity index (χ2n) is 8.99. The van der Waals surface area contributed by atoms with Crippen molar-refractivity contribution >= 4 is 23.7 Å². The highest BCUT2D eigenvalue weighted by atomic mass is 16.5. The van der Waals surface area contributed by atoms with E-state index in [-0.39, 0.29) is 36.1 Å². The van der Waals surface area contributed by atoms with Crippen LogP contribution in [-0.2, 0) is 9.53 Å². The van der Waals surface area contributed by atoms with E-state index in [0.717, 1.165) is 22.3 Å². The molecule has 2 aliphatic carbocycles. The highest BCUT2D eigenvalue weighted by molar-refractivity contribution is 5.95. The lowest BCUT2D eigenvalue weighted by Crippen LogP contribution is -2.40. The Morgan fingerprint density at radius 3 is 2.14 bits per heavy atom. The van der Waals surface area contributed by atoms with Crippen LogP contribution in [0.15, 0.2) is 66.7 Å². The Hall–Kier alpha value is -4.33. The number of anilines is 1. The number of nitrogens with one attached hydrogen (secondary N) is 2. The van der Waals surface area contributed by atoms with Gasteiger partial charge in [-0.2, -0.15) is 0 Å². The van der Waals surface area contributed by atoms with Crippen LogP contribution in [0.25, 0.3) is 11.1 Å². The van der Waals surface area contributed by atoms with Crippen LogP contribution in [0, 0.1) is 0 Å². The number of amides is 2. The van der Waals surface area contributed by atoms with Gasteiger partial charge in [-0.3, -0.25) is 4.79 Å². The number of fused-ring (bicyclic) bond motifs is 3. The topological polar surface area (TPSA) is 125 Å². The summed E-state index contributed by atoms with van der Waals surface area (Å²) in [5, 5.41) is 24.3. The van der Waals surface area contributed by atoms with Crippen LogP contribution in [-0.4, -0.2) is 40.3 Å². The zero-order chi connectivity index (χ0) is 24.6. The Kier molecular flexibility index (Phi) is 5.64. The number of aromatic hydroxyl groups is 1. The average Bonchev–Trinajstić information content (AvgIpc) is 3.49. The first-order valence-electron chi connectivity index (χ1n) is 11.3. The number of alkyl carbamates (subject to hydrolysis) is 1. The monoisotopic (exact) mass is 472 g/mol. The first kappa shape index (κ1) is 22.5. The molecule has 0 radical (unpaired) electrons. The number of hydrogen-bond donors (Lipinski definition) is 4. The normalized spacial score (nSPS) is 15.0. The summed E-state index contributed by atoms with van der Waals surface area (Å²) >= 11 is 0. The third kappa shape index (κ3) is 4.55. The van der Waals surface area contributed by atoms with Crippen LogP contribution in [0.3, 0.4) is 0 Å². The number of phenols is 1. The van der Waals surface area contributed by atoms with Crippen molar-refractivity contribution in [3.63, 3.8) is 0 Å². The lowest BCUT2D eigenvalue weighted by atomic mass is 9.98. The summed E-state index contributed by atoms with van der Waals surface area (Å²) in [7, 11) is 0. The highest BCUT2D eigenvalue weighted by Crippen LogP contribution is 2.44. The van der Waals surface area contributed by atoms with E-state index < -0.39 is 23.4 Å². The van der Waals surface area contributed by atoms with E-state index in [4.69, 9.17) is 9.84 Å². The summed E-state index contributed by atoms with van der Waals surface area (Å²) in [6, 6.07) is 20.0. The van der Waals surface area contributed by atoms with Crippen molar-refractivity contribution in [2.45, 2.75) is 30.7 Å². The van der Waals surface area contributed by atoms with Crippen LogP contribution >= 0.6 is 0 Å². The number of benzene rings is 3. The fraction of sp³-hybridized carbons (Fsp3) is 0.222. The number of aromatic carboxylic acids is 1. The molecule has 8 heteroatoms. The van der Waals surface area contributed by atoms with Gasteiger partial charge >= 0.3 is 12.1 Å². The number of ether oxygens (including phenoxy) is 1. The predicted octanol–water partition coefficient (Wildman–Crippen LogP) is 4.49. The van der Waals surface area contributed by atoms with Gasteiger partial charge in [-0.1, -0.05) is 48.5 Å². The van der Waals surface area contributed by atoms with Crippen LogP contribution in [0.1, 0.15) is 46.7 Å². The van der Waals surface area contributed by atoms with E-state index >= 15 is 0 Å². The number of rotatable bonds is 7. The van der Waals surface area contributed by atoms with E-state index in [1.165, 1.54) is 18.2 Å². The van der Waals surface area contributed by atoms with Crippen molar-refractivity contribution in [2.24, 2.45) is 0 Å². The first-order chi connectivity index (χ1) is 16.8. The van der Waals surface area contributed by atoms with Gasteiger partial charge in [0.15, 0.2) is 0 Å². The van der Waals surface area contributed by atoms with Gasteiger partial charge in [0, 0.05) is 17.7 Å². The minimum atomic E-state index is -1.26. The molecule has 2 amide bonds. The van der Waals surface area contributed by atoms with Gasteiger partial charge in [-0.25, -0.2) is 9.59 Å². The van der Waals surface area contributed by atoms with Crippen molar-refractivity contribution in [1.82, 2.24) is 5.32 Å². The number of carbonyl (C=O) groups is 3. The Balaban J connectivity index is 1.18. The maximum absolute atomic E-state index is 12.6. The standard InChI is InChI=1S/C27H24N2O6/c30-23-13-16(9-10-21(23)25(32)33)28-24(31)14-27(11-12-27)29-26(34)35-15-22-19-7-3-1-5-17(19)18-6-2-4-8-20(18)22/h1-10,13,22,30H,11-12,14-15H2,(H,28,31)(H,29,34)(H,32,33). The molecule has 0 aromatic heterocycles. The lowest BCUT2D eigenvalue weighted by Gasteiger charge is -2.19. The summed E-state index contributed by atoms with van der Waals surface area (Å²) in [5.74, 6) is -2.10. The molecule has 0 aliphatic heterocycles. The van der Waals surface area contributed by atoms with Crippen molar-refractivity contribution < 1.29 is 29.3 Å². The van der Waals surface area contributed by atoms with E-state index in [2.05, 4.69) is 34.9 Å². The van der Waals surface area contributed by atoms with Gasteiger partial charge in [0.25, 0.3) is 0 Å². The van der Waals surface area contributed by atoms with Crippen molar-refractivity contribution in [2.75, 3.05) is 11.9 Å². The van der Waals surface area contributed by atoms with Crippen LogP contribution < -0.4 is 10.6 Å². The second kappa shape index (κ2) is 8.79. The molecule has 1 saturated carbocycles. The molecular weight excluding hydrogens is 448 g/mol. The number of carbonyl (C=O) groups excluding carboxylic acids is 2. The minimum absolute atomic E-state index is 0.0403.